The van der Waals surface area contributed by atoms with E-state index < -0.39 is 0 Å². The Morgan fingerprint density at radius 2 is 1.94 bits per heavy atom. The Morgan fingerprint density at radius 3 is 2.62 bits per heavy atom. The average Bonchev–Trinajstić information content (AvgIpc) is 2.81. The van der Waals surface area contributed by atoms with E-state index in [-0.39, 0.29) is 12.6 Å². The van der Waals surface area contributed by atoms with Crippen LogP contribution in [-0.4, -0.2) is 5.97 Å². The molecule has 16 heavy (non-hydrogen) atoms. The number of esters is 1. The summed E-state index contributed by atoms with van der Waals surface area (Å²) in [5.41, 5.74) is 0.951. The molecule has 0 bridgehead atoms. The Labute approximate surface area is 93.7 Å². The number of hydrogen-bond donors (Lipinski definition) is 0. The van der Waals surface area contributed by atoms with Crippen LogP contribution < -0.4 is 0 Å². The van der Waals surface area contributed by atoms with Crippen molar-refractivity contribution in [3.63, 3.8) is 0 Å². The number of hydrogen-bond acceptors (Lipinski definition) is 3. The van der Waals surface area contributed by atoms with Gasteiger partial charge in [-0.15, -0.1) is 0 Å². The lowest BCUT2D eigenvalue weighted by Gasteiger charge is -2.02. The van der Waals surface area contributed by atoms with Crippen LogP contribution in [0, 0.1) is 0 Å². The molecular formula is C13H12O3. The fraction of sp³-hybridized carbons (Fsp3) is 0.154. The molecule has 0 N–H and O–H groups in total. The molecule has 0 aliphatic rings. The van der Waals surface area contributed by atoms with Crippen molar-refractivity contribution in [3.05, 3.63) is 60.1 Å². The summed E-state index contributed by atoms with van der Waals surface area (Å²) < 4.78 is 10.1. The van der Waals surface area contributed by atoms with Crippen LogP contribution in [0.4, 0.5) is 0 Å². The maximum Gasteiger partial charge on any atom is 0.310 e. The first-order valence-corrected chi connectivity index (χ1v) is 5.06. The van der Waals surface area contributed by atoms with E-state index in [0.29, 0.717) is 12.2 Å². The second-order valence-corrected chi connectivity index (χ2v) is 3.40. The average molecular weight is 216 g/mol. The number of carbonyl (C=O) groups excluding carboxylic acids is 1. The van der Waals surface area contributed by atoms with Gasteiger partial charge in [0.15, 0.2) is 0 Å². The van der Waals surface area contributed by atoms with Crippen LogP contribution >= 0.6 is 0 Å². The van der Waals surface area contributed by atoms with Crippen molar-refractivity contribution >= 4 is 5.97 Å². The molecule has 0 aliphatic carbocycles. The largest absolute Gasteiger partial charge is 0.466 e. The van der Waals surface area contributed by atoms with Crippen molar-refractivity contribution < 1.29 is 13.9 Å². The fourth-order valence-corrected chi connectivity index (χ4v) is 1.36. The zero-order valence-electron chi connectivity index (χ0n) is 8.76. The van der Waals surface area contributed by atoms with Gasteiger partial charge in [-0.05, 0) is 17.7 Å². The first-order valence-electron chi connectivity index (χ1n) is 5.06. The maximum absolute atomic E-state index is 11.4. The van der Waals surface area contributed by atoms with Crippen molar-refractivity contribution in [2.75, 3.05) is 0 Å². The van der Waals surface area contributed by atoms with Crippen LogP contribution in [0.5, 0.6) is 0 Å². The normalized spacial score (nSPS) is 10.0. The summed E-state index contributed by atoms with van der Waals surface area (Å²) in [5.74, 6) is 0.406. The summed E-state index contributed by atoms with van der Waals surface area (Å²) in [5, 5.41) is 0. The lowest BCUT2D eigenvalue weighted by molar-refractivity contribution is -0.144. The Hall–Kier alpha value is -2.03. The number of furan rings is 1. The highest BCUT2D eigenvalue weighted by Gasteiger charge is 2.05. The summed E-state index contributed by atoms with van der Waals surface area (Å²) in [4.78, 5) is 11.4. The Kier molecular flexibility index (Phi) is 3.38. The summed E-state index contributed by atoms with van der Waals surface area (Å²) in [6.07, 6.45) is 1.85. The van der Waals surface area contributed by atoms with Crippen LogP contribution in [-0.2, 0) is 22.6 Å². The van der Waals surface area contributed by atoms with Crippen LogP contribution in [0.15, 0.2) is 53.1 Å². The zero-order valence-corrected chi connectivity index (χ0v) is 8.76. The third-order valence-corrected chi connectivity index (χ3v) is 2.15. The molecule has 0 aliphatic heterocycles. The minimum absolute atomic E-state index is 0.193. The molecule has 0 amide bonds. The summed E-state index contributed by atoms with van der Waals surface area (Å²) in [6, 6.07) is 13.0. The molecular weight excluding hydrogens is 204 g/mol. The third kappa shape index (κ3) is 2.98. The molecule has 2 rings (SSSR count). The molecule has 0 fully saturated rings. The van der Waals surface area contributed by atoms with Crippen molar-refractivity contribution in [3.8, 4) is 0 Å². The van der Waals surface area contributed by atoms with Crippen LogP contribution in [0.3, 0.4) is 0 Å². The second kappa shape index (κ2) is 5.16. The predicted molar refractivity (Wildman–Crippen MR) is 58.7 cm³/mol. The fourth-order valence-electron chi connectivity index (χ4n) is 1.36. The number of carbonyl (C=O) groups is 1. The van der Waals surface area contributed by atoms with Gasteiger partial charge < -0.3 is 9.15 Å². The zero-order chi connectivity index (χ0) is 11.2. The predicted octanol–water partition coefficient (Wildman–Crippen LogP) is 2.57. The van der Waals surface area contributed by atoms with E-state index in [9.17, 15) is 4.79 Å². The van der Waals surface area contributed by atoms with E-state index >= 15 is 0 Å². The third-order valence-electron chi connectivity index (χ3n) is 2.15. The molecule has 1 aromatic carbocycles. The number of ether oxygens (including phenoxy) is 1. The first kappa shape index (κ1) is 10.5. The molecule has 2 aromatic rings. The van der Waals surface area contributed by atoms with Gasteiger partial charge in [-0.2, -0.15) is 0 Å². The Bertz CT molecular complexity index is 431. The maximum atomic E-state index is 11.4. The minimum atomic E-state index is -0.248. The van der Waals surface area contributed by atoms with Gasteiger partial charge in [-0.3, -0.25) is 4.79 Å². The first-order chi connectivity index (χ1) is 7.84. The van der Waals surface area contributed by atoms with Gasteiger partial charge in [-0.25, -0.2) is 0 Å². The van der Waals surface area contributed by atoms with Crippen molar-refractivity contribution in [1.29, 1.82) is 0 Å². The molecule has 0 saturated heterocycles. The highest BCUT2D eigenvalue weighted by atomic mass is 16.5. The monoisotopic (exact) mass is 216 g/mol. The van der Waals surface area contributed by atoms with Gasteiger partial charge >= 0.3 is 5.97 Å². The van der Waals surface area contributed by atoms with Gasteiger partial charge in [0.2, 0.25) is 0 Å². The van der Waals surface area contributed by atoms with E-state index in [4.69, 9.17) is 9.15 Å². The Morgan fingerprint density at radius 1 is 1.12 bits per heavy atom. The van der Waals surface area contributed by atoms with Crippen LogP contribution in [0.1, 0.15) is 11.3 Å². The molecule has 0 spiro atoms. The van der Waals surface area contributed by atoms with E-state index in [2.05, 4.69) is 0 Å². The highest BCUT2D eigenvalue weighted by molar-refractivity contribution is 5.72. The molecule has 3 heteroatoms. The van der Waals surface area contributed by atoms with Gasteiger partial charge in [0.25, 0.3) is 0 Å². The smallest absolute Gasteiger partial charge is 0.310 e. The summed E-state index contributed by atoms with van der Waals surface area (Å²) >= 11 is 0. The van der Waals surface area contributed by atoms with Crippen molar-refractivity contribution in [2.45, 2.75) is 13.0 Å². The second-order valence-electron chi connectivity index (χ2n) is 3.40. The van der Waals surface area contributed by atoms with Crippen molar-refractivity contribution in [2.24, 2.45) is 0 Å². The van der Waals surface area contributed by atoms with Crippen LogP contribution in [0.25, 0.3) is 0 Å². The molecule has 3 nitrogen and oxygen atoms in total. The van der Waals surface area contributed by atoms with Crippen LogP contribution in [0.2, 0.25) is 0 Å². The Balaban J connectivity index is 1.81. The molecule has 0 saturated carbocycles. The molecule has 0 radical (unpaired) electrons. The van der Waals surface area contributed by atoms with E-state index in [1.54, 1.807) is 18.4 Å². The van der Waals surface area contributed by atoms with Gasteiger partial charge in [-0.1, -0.05) is 30.3 Å². The molecule has 82 valence electrons. The van der Waals surface area contributed by atoms with E-state index in [1.165, 1.54) is 0 Å². The lowest BCUT2D eigenvalue weighted by atomic mass is 10.2. The van der Waals surface area contributed by atoms with Gasteiger partial charge in [0.05, 0.1) is 12.7 Å². The highest BCUT2D eigenvalue weighted by Crippen LogP contribution is 2.05. The number of benzene rings is 1. The van der Waals surface area contributed by atoms with E-state index in [1.807, 2.05) is 30.3 Å². The molecule has 0 atom stereocenters. The van der Waals surface area contributed by atoms with Crippen molar-refractivity contribution in [1.82, 2.24) is 0 Å². The van der Waals surface area contributed by atoms with Gasteiger partial charge in [0, 0.05) is 0 Å². The standard InChI is InChI=1S/C13H12O3/c14-13(9-11-5-2-1-3-6-11)16-10-12-7-4-8-15-12/h1-8H,9-10H2. The lowest BCUT2D eigenvalue weighted by Crippen LogP contribution is -2.07. The minimum Gasteiger partial charge on any atom is -0.466 e. The molecule has 0 unspecified atom stereocenters. The quantitative estimate of drug-likeness (QED) is 0.737. The van der Waals surface area contributed by atoms with E-state index in [0.717, 1.165) is 5.56 Å². The SMILES string of the molecule is O=C(Cc1ccccc1)OCc1ccco1. The van der Waals surface area contributed by atoms with Gasteiger partial charge in [0.1, 0.15) is 12.4 Å². The number of rotatable bonds is 4. The summed E-state index contributed by atoms with van der Waals surface area (Å²) in [7, 11) is 0. The molecule has 1 aromatic heterocycles. The summed E-state index contributed by atoms with van der Waals surface area (Å²) in [6.45, 7) is 0.193. The molecule has 1 heterocycles. The topological polar surface area (TPSA) is 39.4 Å².